The first-order chi connectivity index (χ1) is 7.27. The van der Waals surface area contributed by atoms with E-state index < -0.39 is 0 Å². The van der Waals surface area contributed by atoms with Gasteiger partial charge in [0, 0.05) is 38.2 Å². The zero-order valence-corrected chi connectivity index (χ0v) is 9.70. The highest BCUT2D eigenvalue weighted by atomic mass is 16.1. The predicted octanol–water partition coefficient (Wildman–Crippen LogP) is 2.59. The molecule has 1 rings (SSSR count). The van der Waals surface area contributed by atoms with E-state index in [0.717, 1.165) is 38.1 Å². The molecule has 3 nitrogen and oxygen atoms in total. The molecule has 0 aromatic carbocycles. The molecule has 0 saturated heterocycles. The highest BCUT2D eigenvalue weighted by Gasteiger charge is 2.03. The van der Waals surface area contributed by atoms with Crippen molar-refractivity contribution in [2.24, 2.45) is 0 Å². The van der Waals surface area contributed by atoms with Crippen molar-refractivity contribution in [3.05, 3.63) is 18.2 Å². The van der Waals surface area contributed by atoms with Crippen molar-refractivity contribution >= 4 is 5.78 Å². The van der Waals surface area contributed by atoms with E-state index in [1.807, 2.05) is 19.3 Å². The van der Waals surface area contributed by atoms with Crippen LogP contribution in [0.4, 0.5) is 0 Å². The summed E-state index contributed by atoms with van der Waals surface area (Å²) in [5.41, 5.74) is 0. The van der Waals surface area contributed by atoms with Crippen molar-refractivity contribution in [1.29, 1.82) is 0 Å². The van der Waals surface area contributed by atoms with Gasteiger partial charge in [0.25, 0.3) is 0 Å². The van der Waals surface area contributed by atoms with Crippen LogP contribution in [0.5, 0.6) is 0 Å². The summed E-state index contributed by atoms with van der Waals surface area (Å²) in [5.74, 6) is 1.48. The zero-order valence-electron chi connectivity index (χ0n) is 9.70. The Morgan fingerprint density at radius 1 is 1.40 bits per heavy atom. The molecule has 0 N–H and O–H groups in total. The van der Waals surface area contributed by atoms with Gasteiger partial charge in [-0.25, -0.2) is 4.98 Å². The second-order valence-corrected chi connectivity index (χ2v) is 3.77. The molecule has 84 valence electrons. The molecule has 0 radical (unpaired) electrons. The Labute approximate surface area is 91.5 Å². The minimum atomic E-state index is 0.382. The first-order valence-electron chi connectivity index (χ1n) is 5.79. The van der Waals surface area contributed by atoms with Crippen molar-refractivity contribution in [3.63, 3.8) is 0 Å². The van der Waals surface area contributed by atoms with Gasteiger partial charge >= 0.3 is 0 Å². The predicted molar refractivity (Wildman–Crippen MR) is 60.8 cm³/mol. The van der Waals surface area contributed by atoms with Crippen LogP contribution < -0.4 is 0 Å². The second-order valence-electron chi connectivity index (χ2n) is 3.77. The maximum Gasteiger partial charge on any atom is 0.132 e. The van der Waals surface area contributed by atoms with Gasteiger partial charge in [-0.3, -0.25) is 4.79 Å². The molecule has 1 aromatic heterocycles. The van der Waals surface area contributed by atoms with E-state index in [0.29, 0.717) is 12.2 Å². The Morgan fingerprint density at radius 3 is 2.87 bits per heavy atom. The lowest BCUT2D eigenvalue weighted by Gasteiger charge is -2.03. The summed E-state index contributed by atoms with van der Waals surface area (Å²) in [5, 5.41) is 0. The highest BCUT2D eigenvalue weighted by molar-refractivity contribution is 5.78. The summed E-state index contributed by atoms with van der Waals surface area (Å²) in [4.78, 5) is 15.6. The summed E-state index contributed by atoms with van der Waals surface area (Å²) in [6, 6.07) is 0. The number of aromatic nitrogens is 2. The van der Waals surface area contributed by atoms with Gasteiger partial charge < -0.3 is 4.57 Å². The van der Waals surface area contributed by atoms with Gasteiger partial charge in [-0.2, -0.15) is 0 Å². The molecular formula is C12H20N2O. The number of hydrogen-bond acceptors (Lipinski definition) is 2. The Hall–Kier alpha value is -1.12. The van der Waals surface area contributed by atoms with Crippen LogP contribution in [0.25, 0.3) is 0 Å². The minimum absolute atomic E-state index is 0.382. The lowest BCUT2D eigenvalue weighted by molar-refractivity contribution is -0.119. The fraction of sp³-hybridized carbons (Fsp3) is 0.667. The fourth-order valence-electron chi connectivity index (χ4n) is 1.70. The van der Waals surface area contributed by atoms with Crippen LogP contribution >= 0.6 is 0 Å². The van der Waals surface area contributed by atoms with Gasteiger partial charge in [0.15, 0.2) is 0 Å². The van der Waals surface area contributed by atoms with Crippen molar-refractivity contribution < 1.29 is 4.79 Å². The van der Waals surface area contributed by atoms with E-state index in [2.05, 4.69) is 16.5 Å². The molecule has 0 aliphatic heterocycles. The number of carbonyl (C=O) groups excluding carboxylic acids is 1. The summed E-state index contributed by atoms with van der Waals surface area (Å²) in [6.45, 7) is 5.10. The maximum atomic E-state index is 11.3. The molecular weight excluding hydrogens is 188 g/mol. The first kappa shape index (κ1) is 12.0. The monoisotopic (exact) mass is 208 g/mol. The van der Waals surface area contributed by atoms with Crippen molar-refractivity contribution in [2.45, 2.75) is 52.5 Å². The molecule has 1 heterocycles. The van der Waals surface area contributed by atoms with Gasteiger partial charge in [0.1, 0.15) is 11.6 Å². The summed E-state index contributed by atoms with van der Waals surface area (Å²) in [6.07, 6.45) is 8.04. The SMILES string of the molecule is CCCC(=O)CCCc1nccn1CC. The molecule has 0 unspecified atom stereocenters. The minimum Gasteiger partial charge on any atom is -0.335 e. The molecule has 3 heteroatoms. The van der Waals surface area contributed by atoms with Gasteiger partial charge in [-0.1, -0.05) is 6.92 Å². The highest BCUT2D eigenvalue weighted by Crippen LogP contribution is 2.05. The average Bonchev–Trinajstić information content (AvgIpc) is 2.66. The number of aryl methyl sites for hydroxylation is 2. The van der Waals surface area contributed by atoms with E-state index >= 15 is 0 Å². The first-order valence-corrected chi connectivity index (χ1v) is 5.79. The molecule has 0 atom stereocenters. The second kappa shape index (κ2) is 6.38. The molecule has 0 aliphatic rings. The van der Waals surface area contributed by atoms with Crippen LogP contribution in [0.15, 0.2) is 12.4 Å². The molecule has 0 fully saturated rings. The molecule has 15 heavy (non-hydrogen) atoms. The fourth-order valence-corrected chi connectivity index (χ4v) is 1.70. The Bertz CT molecular complexity index is 304. The van der Waals surface area contributed by atoms with Crippen molar-refractivity contribution in [1.82, 2.24) is 9.55 Å². The topological polar surface area (TPSA) is 34.9 Å². The Morgan fingerprint density at radius 2 is 2.20 bits per heavy atom. The van der Waals surface area contributed by atoms with Gasteiger partial charge in [0.2, 0.25) is 0 Å². The Kier molecular flexibility index (Phi) is 5.08. The molecule has 0 spiro atoms. The number of ketones is 1. The number of nitrogens with zero attached hydrogens (tertiary/aromatic N) is 2. The maximum absolute atomic E-state index is 11.3. The van der Waals surface area contributed by atoms with Gasteiger partial charge in [-0.15, -0.1) is 0 Å². The van der Waals surface area contributed by atoms with Crippen LogP contribution in [-0.4, -0.2) is 15.3 Å². The van der Waals surface area contributed by atoms with E-state index in [1.54, 1.807) is 0 Å². The number of rotatable bonds is 7. The third kappa shape index (κ3) is 3.86. The van der Waals surface area contributed by atoms with Gasteiger partial charge in [0.05, 0.1) is 0 Å². The van der Waals surface area contributed by atoms with E-state index in [-0.39, 0.29) is 0 Å². The molecule has 0 aliphatic carbocycles. The van der Waals surface area contributed by atoms with E-state index in [4.69, 9.17) is 0 Å². The van der Waals surface area contributed by atoms with Crippen LogP contribution in [0.1, 0.15) is 45.4 Å². The summed E-state index contributed by atoms with van der Waals surface area (Å²) < 4.78 is 2.13. The number of carbonyl (C=O) groups is 1. The Balaban J connectivity index is 2.28. The quantitative estimate of drug-likeness (QED) is 0.690. The largest absolute Gasteiger partial charge is 0.335 e. The molecule has 0 saturated carbocycles. The van der Waals surface area contributed by atoms with Crippen molar-refractivity contribution in [3.8, 4) is 0 Å². The average molecular weight is 208 g/mol. The number of imidazole rings is 1. The lowest BCUT2D eigenvalue weighted by atomic mass is 10.1. The van der Waals surface area contributed by atoms with E-state index in [1.165, 1.54) is 0 Å². The zero-order chi connectivity index (χ0) is 11.1. The van der Waals surface area contributed by atoms with Crippen LogP contribution in [0.3, 0.4) is 0 Å². The summed E-state index contributed by atoms with van der Waals surface area (Å²) in [7, 11) is 0. The van der Waals surface area contributed by atoms with Crippen LogP contribution in [-0.2, 0) is 17.8 Å². The summed E-state index contributed by atoms with van der Waals surface area (Å²) >= 11 is 0. The number of hydrogen-bond donors (Lipinski definition) is 0. The van der Waals surface area contributed by atoms with E-state index in [9.17, 15) is 4.79 Å². The third-order valence-electron chi connectivity index (χ3n) is 2.53. The molecule has 1 aromatic rings. The van der Waals surface area contributed by atoms with Crippen LogP contribution in [0, 0.1) is 0 Å². The molecule has 0 bridgehead atoms. The smallest absolute Gasteiger partial charge is 0.132 e. The third-order valence-corrected chi connectivity index (χ3v) is 2.53. The van der Waals surface area contributed by atoms with Gasteiger partial charge in [-0.05, 0) is 19.8 Å². The normalized spacial score (nSPS) is 10.5. The lowest BCUT2D eigenvalue weighted by Crippen LogP contribution is -2.03. The van der Waals surface area contributed by atoms with Crippen molar-refractivity contribution in [2.75, 3.05) is 0 Å². The number of Topliss-reactive ketones (excluding diaryl/α,β-unsaturated/α-hetero) is 1. The molecule has 0 amide bonds. The van der Waals surface area contributed by atoms with Crippen LogP contribution in [0.2, 0.25) is 0 Å². The standard InChI is InChI=1S/C12H20N2O/c1-3-6-11(15)7-5-8-12-13-9-10-14(12)4-2/h9-10H,3-8H2,1-2H3.